The fourth-order valence-corrected chi connectivity index (χ4v) is 1.48. The lowest BCUT2D eigenvalue weighted by Crippen LogP contribution is -2.05. The van der Waals surface area contributed by atoms with Crippen LogP contribution in [0.1, 0.15) is 11.1 Å². The van der Waals surface area contributed by atoms with Crippen molar-refractivity contribution in [1.82, 2.24) is 0 Å². The number of ether oxygens (including phenoxy) is 1. The summed E-state index contributed by atoms with van der Waals surface area (Å²) in [5.41, 5.74) is 0.857. The first-order valence-corrected chi connectivity index (χ1v) is 4.79. The third-order valence-corrected chi connectivity index (χ3v) is 2.64. The van der Waals surface area contributed by atoms with E-state index in [1.165, 1.54) is 19.2 Å². The second-order valence-corrected chi connectivity index (χ2v) is 3.58. The minimum Gasteiger partial charge on any atom is -0.469 e. The van der Waals surface area contributed by atoms with E-state index in [1.54, 1.807) is 0 Å². The van der Waals surface area contributed by atoms with Gasteiger partial charge in [0.25, 0.3) is 0 Å². The molecule has 0 heterocycles. The molecule has 1 rings (SSSR count). The standard InChI is InChI=1S/C10H7Cl2NO2/c1-15-9(14)4-7-2-6(5-13)3-8(11)10(7)12/h2-3H,4H2,1H3. The van der Waals surface area contributed by atoms with Gasteiger partial charge in [0.15, 0.2) is 0 Å². The van der Waals surface area contributed by atoms with Crippen LogP contribution < -0.4 is 0 Å². The minimum absolute atomic E-state index is 0.00454. The molecular formula is C10H7Cl2NO2. The molecule has 15 heavy (non-hydrogen) atoms. The van der Waals surface area contributed by atoms with Gasteiger partial charge in [0.2, 0.25) is 0 Å². The van der Waals surface area contributed by atoms with Crippen LogP contribution in [0.3, 0.4) is 0 Å². The maximum atomic E-state index is 11.0. The van der Waals surface area contributed by atoms with Crippen LogP contribution in [0.25, 0.3) is 0 Å². The van der Waals surface area contributed by atoms with Crippen molar-refractivity contribution in [3.05, 3.63) is 33.3 Å². The Morgan fingerprint density at radius 1 is 1.53 bits per heavy atom. The molecule has 0 saturated carbocycles. The summed E-state index contributed by atoms with van der Waals surface area (Å²) in [5.74, 6) is -0.428. The maximum absolute atomic E-state index is 11.0. The smallest absolute Gasteiger partial charge is 0.310 e. The van der Waals surface area contributed by atoms with Crippen molar-refractivity contribution in [1.29, 1.82) is 5.26 Å². The third kappa shape index (κ3) is 2.85. The van der Waals surface area contributed by atoms with E-state index in [0.717, 1.165) is 0 Å². The van der Waals surface area contributed by atoms with Crippen molar-refractivity contribution in [2.75, 3.05) is 7.11 Å². The van der Waals surface area contributed by atoms with E-state index in [4.69, 9.17) is 28.5 Å². The number of rotatable bonds is 2. The van der Waals surface area contributed by atoms with E-state index >= 15 is 0 Å². The molecule has 0 fully saturated rings. The lowest BCUT2D eigenvalue weighted by atomic mass is 10.1. The number of esters is 1. The number of hydrogen-bond acceptors (Lipinski definition) is 3. The zero-order valence-electron chi connectivity index (χ0n) is 7.88. The van der Waals surface area contributed by atoms with Crippen LogP contribution in [0, 0.1) is 11.3 Å². The molecule has 0 N–H and O–H groups in total. The van der Waals surface area contributed by atoms with E-state index in [2.05, 4.69) is 4.74 Å². The zero-order valence-corrected chi connectivity index (χ0v) is 9.39. The van der Waals surface area contributed by atoms with Crippen LogP contribution in [-0.4, -0.2) is 13.1 Å². The molecule has 0 aliphatic heterocycles. The Bertz CT molecular complexity index is 438. The Hall–Kier alpha value is -1.24. The molecule has 0 aliphatic carbocycles. The summed E-state index contributed by atoms with van der Waals surface area (Å²) in [4.78, 5) is 11.0. The highest BCUT2D eigenvalue weighted by atomic mass is 35.5. The molecule has 0 saturated heterocycles. The highest BCUT2D eigenvalue weighted by Crippen LogP contribution is 2.27. The van der Waals surface area contributed by atoms with Gasteiger partial charge in [0.05, 0.1) is 35.2 Å². The van der Waals surface area contributed by atoms with E-state index in [-0.39, 0.29) is 16.5 Å². The van der Waals surface area contributed by atoms with Gasteiger partial charge in [-0.1, -0.05) is 23.2 Å². The van der Waals surface area contributed by atoms with Gasteiger partial charge in [-0.25, -0.2) is 0 Å². The number of benzene rings is 1. The van der Waals surface area contributed by atoms with Gasteiger partial charge in [0.1, 0.15) is 0 Å². The Morgan fingerprint density at radius 2 is 2.20 bits per heavy atom. The molecule has 0 aromatic heterocycles. The Morgan fingerprint density at radius 3 is 2.73 bits per heavy atom. The molecule has 0 atom stereocenters. The lowest BCUT2D eigenvalue weighted by Gasteiger charge is -2.05. The fourth-order valence-electron chi connectivity index (χ4n) is 1.07. The number of halogens is 2. The molecule has 1 aromatic carbocycles. The first-order valence-electron chi connectivity index (χ1n) is 4.03. The van der Waals surface area contributed by atoms with Gasteiger partial charge < -0.3 is 4.74 Å². The summed E-state index contributed by atoms with van der Waals surface area (Å²) in [6, 6.07) is 4.90. The first kappa shape index (κ1) is 11.8. The highest BCUT2D eigenvalue weighted by molar-refractivity contribution is 6.42. The molecule has 1 aromatic rings. The van der Waals surface area contributed by atoms with E-state index in [0.29, 0.717) is 11.1 Å². The predicted octanol–water partition coefficient (Wildman–Crippen LogP) is 2.58. The quantitative estimate of drug-likeness (QED) is 0.751. The largest absolute Gasteiger partial charge is 0.469 e. The first-order chi connectivity index (χ1) is 7.08. The SMILES string of the molecule is COC(=O)Cc1cc(C#N)cc(Cl)c1Cl. The zero-order chi connectivity index (χ0) is 11.4. The van der Waals surface area contributed by atoms with Gasteiger partial charge in [-0.2, -0.15) is 5.26 Å². The molecule has 5 heteroatoms. The van der Waals surface area contributed by atoms with Crippen LogP contribution >= 0.6 is 23.2 Å². The molecular weight excluding hydrogens is 237 g/mol. The summed E-state index contributed by atoms with van der Waals surface area (Å²) in [6.45, 7) is 0. The van der Waals surface area contributed by atoms with Crippen molar-refractivity contribution >= 4 is 29.2 Å². The molecule has 0 unspecified atom stereocenters. The molecule has 0 radical (unpaired) electrons. The van der Waals surface area contributed by atoms with Crippen molar-refractivity contribution in [2.45, 2.75) is 6.42 Å². The molecule has 0 amide bonds. The number of hydrogen-bond donors (Lipinski definition) is 0. The number of methoxy groups -OCH3 is 1. The Balaban J connectivity index is 3.12. The van der Waals surface area contributed by atoms with Crippen molar-refractivity contribution in [3.8, 4) is 6.07 Å². The van der Waals surface area contributed by atoms with Crippen molar-refractivity contribution in [3.63, 3.8) is 0 Å². The van der Waals surface area contributed by atoms with Crippen LogP contribution in [-0.2, 0) is 16.0 Å². The summed E-state index contributed by atoms with van der Waals surface area (Å²) in [6.07, 6.45) is 0.00454. The van der Waals surface area contributed by atoms with E-state index in [9.17, 15) is 4.79 Å². The third-order valence-electron chi connectivity index (χ3n) is 1.80. The number of carbonyl (C=O) groups is 1. The molecule has 78 valence electrons. The second-order valence-electron chi connectivity index (χ2n) is 2.80. The summed E-state index contributed by atoms with van der Waals surface area (Å²) >= 11 is 11.7. The Kier molecular flexibility index (Phi) is 3.96. The number of carbonyl (C=O) groups excluding carboxylic acids is 1. The van der Waals surface area contributed by atoms with Gasteiger partial charge in [-0.15, -0.1) is 0 Å². The van der Waals surface area contributed by atoms with E-state index < -0.39 is 5.97 Å². The van der Waals surface area contributed by atoms with Gasteiger partial charge in [0, 0.05) is 0 Å². The summed E-state index contributed by atoms with van der Waals surface area (Å²) in [5, 5.41) is 9.24. The van der Waals surface area contributed by atoms with Crippen LogP contribution in [0.4, 0.5) is 0 Å². The molecule has 0 bridgehead atoms. The Labute approximate surface area is 97.2 Å². The molecule has 3 nitrogen and oxygen atoms in total. The number of nitriles is 1. The summed E-state index contributed by atoms with van der Waals surface area (Å²) < 4.78 is 4.50. The van der Waals surface area contributed by atoms with Gasteiger partial charge >= 0.3 is 5.97 Å². The average molecular weight is 244 g/mol. The van der Waals surface area contributed by atoms with Crippen LogP contribution in [0.5, 0.6) is 0 Å². The van der Waals surface area contributed by atoms with Crippen molar-refractivity contribution < 1.29 is 9.53 Å². The van der Waals surface area contributed by atoms with Gasteiger partial charge in [-0.3, -0.25) is 4.79 Å². The fraction of sp³-hybridized carbons (Fsp3) is 0.200. The minimum atomic E-state index is -0.428. The summed E-state index contributed by atoms with van der Waals surface area (Å²) in [7, 11) is 1.28. The highest BCUT2D eigenvalue weighted by Gasteiger charge is 2.11. The molecule has 0 aliphatic rings. The second kappa shape index (κ2) is 5.01. The lowest BCUT2D eigenvalue weighted by molar-refractivity contribution is -0.139. The normalized spacial score (nSPS) is 9.47. The molecule has 0 spiro atoms. The van der Waals surface area contributed by atoms with Gasteiger partial charge in [-0.05, 0) is 17.7 Å². The number of nitrogens with zero attached hydrogens (tertiary/aromatic N) is 1. The van der Waals surface area contributed by atoms with Crippen LogP contribution in [0.15, 0.2) is 12.1 Å². The van der Waals surface area contributed by atoms with Crippen LogP contribution in [0.2, 0.25) is 10.0 Å². The average Bonchev–Trinajstić information content (AvgIpc) is 2.24. The predicted molar refractivity (Wildman–Crippen MR) is 56.9 cm³/mol. The van der Waals surface area contributed by atoms with Crippen molar-refractivity contribution in [2.24, 2.45) is 0 Å². The van der Waals surface area contributed by atoms with E-state index in [1.807, 2.05) is 6.07 Å². The maximum Gasteiger partial charge on any atom is 0.310 e. The topological polar surface area (TPSA) is 50.1 Å². The monoisotopic (exact) mass is 243 g/mol.